The number of carbonyl (C=O) groups is 1. The molecule has 1 atom stereocenters. The van der Waals surface area contributed by atoms with Crippen molar-refractivity contribution >= 4 is 11.6 Å². The molecule has 2 aromatic rings. The first-order chi connectivity index (χ1) is 12.2. The third kappa shape index (κ3) is 5.68. The van der Waals surface area contributed by atoms with E-state index in [0.717, 1.165) is 23.3 Å². The second-order valence-electron chi connectivity index (χ2n) is 5.85. The molecule has 1 N–H and O–H groups in total. The van der Waals surface area contributed by atoms with Crippen LogP contribution in [0, 0.1) is 13.8 Å². The van der Waals surface area contributed by atoms with Crippen LogP contribution in [0.5, 0.6) is 11.5 Å². The Morgan fingerprint density at radius 2 is 1.77 bits per heavy atom. The molecule has 0 aliphatic rings. The van der Waals surface area contributed by atoms with Crippen LogP contribution in [0.2, 0.25) is 0 Å². The van der Waals surface area contributed by atoms with E-state index in [1.807, 2.05) is 39.0 Å². The van der Waals surface area contributed by atoms with Crippen molar-refractivity contribution < 1.29 is 27.4 Å². The molecule has 2 aromatic carbocycles. The number of carbonyl (C=O) groups excluding carboxylic acids is 1. The van der Waals surface area contributed by atoms with Crippen molar-refractivity contribution in [2.24, 2.45) is 0 Å². The average Bonchev–Trinajstić information content (AvgIpc) is 2.56. The van der Waals surface area contributed by atoms with Crippen molar-refractivity contribution in [1.29, 1.82) is 0 Å². The zero-order valence-corrected chi connectivity index (χ0v) is 14.7. The van der Waals surface area contributed by atoms with Gasteiger partial charge in [0.15, 0.2) is 6.10 Å². The number of rotatable bonds is 6. The summed E-state index contributed by atoms with van der Waals surface area (Å²) in [6, 6.07) is 10.7. The van der Waals surface area contributed by atoms with Crippen LogP contribution in [0.25, 0.3) is 0 Å². The molecule has 0 aliphatic heterocycles. The van der Waals surface area contributed by atoms with Gasteiger partial charge in [-0.15, -0.1) is 13.2 Å². The van der Waals surface area contributed by atoms with E-state index in [0.29, 0.717) is 17.9 Å². The molecule has 4 nitrogen and oxygen atoms in total. The highest BCUT2D eigenvalue weighted by atomic mass is 19.4. The van der Waals surface area contributed by atoms with Crippen molar-refractivity contribution in [3.05, 3.63) is 53.6 Å². The summed E-state index contributed by atoms with van der Waals surface area (Å²) in [7, 11) is 0. The van der Waals surface area contributed by atoms with E-state index in [9.17, 15) is 18.0 Å². The van der Waals surface area contributed by atoms with Gasteiger partial charge in [0, 0.05) is 5.69 Å². The topological polar surface area (TPSA) is 47.6 Å². The molecule has 140 valence electrons. The quantitative estimate of drug-likeness (QED) is 0.782. The van der Waals surface area contributed by atoms with E-state index in [4.69, 9.17) is 4.74 Å². The SMILES string of the molecule is CC[C@@H](Oc1cc(C)ccc1C)C(=O)Nc1ccc(OC(F)(F)F)cc1. The van der Waals surface area contributed by atoms with E-state index >= 15 is 0 Å². The van der Waals surface area contributed by atoms with Crippen molar-refractivity contribution in [2.75, 3.05) is 5.32 Å². The van der Waals surface area contributed by atoms with Gasteiger partial charge in [0.1, 0.15) is 11.5 Å². The van der Waals surface area contributed by atoms with Crippen LogP contribution in [0.3, 0.4) is 0 Å². The summed E-state index contributed by atoms with van der Waals surface area (Å²) in [5.41, 5.74) is 2.28. The maximum Gasteiger partial charge on any atom is 0.573 e. The fourth-order valence-corrected chi connectivity index (χ4v) is 2.27. The molecule has 0 aromatic heterocycles. The van der Waals surface area contributed by atoms with Gasteiger partial charge < -0.3 is 14.8 Å². The first-order valence-electron chi connectivity index (χ1n) is 8.08. The standard InChI is InChI=1S/C19H20F3NO3/c1-4-16(25-17-11-12(2)5-6-13(17)3)18(24)23-14-7-9-15(10-8-14)26-19(20,21)22/h5-11,16H,4H2,1-3H3,(H,23,24)/t16-/m1/s1. The van der Waals surface area contributed by atoms with Gasteiger partial charge in [-0.2, -0.15) is 0 Å². The van der Waals surface area contributed by atoms with Gasteiger partial charge in [0.25, 0.3) is 5.91 Å². The number of ether oxygens (including phenoxy) is 2. The summed E-state index contributed by atoms with van der Waals surface area (Å²) in [6.45, 7) is 5.63. The molecule has 2 rings (SSSR count). The molecule has 0 unspecified atom stereocenters. The number of amides is 1. The minimum atomic E-state index is -4.75. The number of benzene rings is 2. The predicted molar refractivity (Wildman–Crippen MR) is 92.4 cm³/mol. The Kier molecular flexibility index (Phi) is 6.13. The molecule has 7 heteroatoms. The molecule has 0 saturated carbocycles. The fourth-order valence-electron chi connectivity index (χ4n) is 2.27. The molecular weight excluding hydrogens is 347 g/mol. The number of halogens is 3. The van der Waals surface area contributed by atoms with E-state index in [1.165, 1.54) is 12.1 Å². The Morgan fingerprint density at radius 3 is 2.35 bits per heavy atom. The zero-order valence-electron chi connectivity index (χ0n) is 14.7. The lowest BCUT2D eigenvalue weighted by atomic mass is 10.1. The summed E-state index contributed by atoms with van der Waals surface area (Å²) in [5, 5.41) is 2.64. The number of nitrogens with one attached hydrogen (secondary N) is 1. The Morgan fingerprint density at radius 1 is 1.12 bits per heavy atom. The summed E-state index contributed by atoms with van der Waals surface area (Å²) in [4.78, 5) is 12.4. The van der Waals surface area contributed by atoms with Gasteiger partial charge in [-0.1, -0.05) is 19.1 Å². The summed E-state index contributed by atoms with van der Waals surface area (Å²) in [6.07, 6.45) is -5.03. The van der Waals surface area contributed by atoms with Crippen LogP contribution in [0.1, 0.15) is 24.5 Å². The Labute approximate surface area is 149 Å². The lowest BCUT2D eigenvalue weighted by Gasteiger charge is -2.19. The van der Waals surface area contributed by atoms with Gasteiger partial charge in [-0.25, -0.2) is 0 Å². The van der Waals surface area contributed by atoms with E-state index in [2.05, 4.69) is 10.1 Å². The van der Waals surface area contributed by atoms with E-state index in [-0.39, 0.29) is 11.7 Å². The van der Waals surface area contributed by atoms with E-state index in [1.54, 1.807) is 0 Å². The lowest BCUT2D eigenvalue weighted by Crippen LogP contribution is -2.32. The maximum atomic E-state index is 12.4. The molecule has 0 heterocycles. The Bertz CT molecular complexity index is 758. The van der Waals surface area contributed by atoms with Crippen LogP contribution in [0.15, 0.2) is 42.5 Å². The normalized spacial score (nSPS) is 12.4. The molecule has 0 radical (unpaired) electrons. The van der Waals surface area contributed by atoms with Crippen LogP contribution >= 0.6 is 0 Å². The van der Waals surface area contributed by atoms with Gasteiger partial charge in [-0.3, -0.25) is 4.79 Å². The van der Waals surface area contributed by atoms with E-state index < -0.39 is 12.5 Å². The second kappa shape index (κ2) is 8.12. The number of anilines is 1. The molecule has 0 spiro atoms. The third-order valence-electron chi connectivity index (χ3n) is 3.63. The van der Waals surface area contributed by atoms with Gasteiger partial charge in [-0.05, 0) is 61.7 Å². The molecule has 0 saturated heterocycles. The molecular formula is C19H20F3NO3. The molecule has 1 amide bonds. The fraction of sp³-hybridized carbons (Fsp3) is 0.316. The van der Waals surface area contributed by atoms with Crippen LogP contribution in [-0.4, -0.2) is 18.4 Å². The molecule has 26 heavy (non-hydrogen) atoms. The number of hydrogen-bond donors (Lipinski definition) is 1. The molecule has 0 fully saturated rings. The van der Waals surface area contributed by atoms with Gasteiger partial charge in [0.05, 0.1) is 0 Å². The lowest BCUT2D eigenvalue weighted by molar-refractivity contribution is -0.274. The van der Waals surface area contributed by atoms with Crippen molar-refractivity contribution in [2.45, 2.75) is 39.7 Å². The minimum absolute atomic E-state index is 0.353. The van der Waals surface area contributed by atoms with Crippen LogP contribution in [-0.2, 0) is 4.79 Å². The predicted octanol–water partition coefficient (Wildman–Crippen LogP) is 5.00. The number of aryl methyl sites for hydroxylation is 2. The first kappa shape index (κ1) is 19.6. The first-order valence-corrected chi connectivity index (χ1v) is 8.08. The monoisotopic (exact) mass is 367 g/mol. The Balaban J connectivity index is 2.03. The zero-order chi connectivity index (χ0) is 19.3. The smallest absolute Gasteiger partial charge is 0.480 e. The highest BCUT2D eigenvalue weighted by molar-refractivity contribution is 5.94. The second-order valence-corrected chi connectivity index (χ2v) is 5.85. The minimum Gasteiger partial charge on any atom is -0.480 e. The molecule has 0 aliphatic carbocycles. The molecule has 0 bridgehead atoms. The summed E-state index contributed by atoms with van der Waals surface area (Å²) >= 11 is 0. The summed E-state index contributed by atoms with van der Waals surface area (Å²) in [5.74, 6) is -0.104. The highest BCUT2D eigenvalue weighted by Crippen LogP contribution is 2.25. The third-order valence-corrected chi connectivity index (χ3v) is 3.63. The van der Waals surface area contributed by atoms with Crippen molar-refractivity contribution in [3.8, 4) is 11.5 Å². The van der Waals surface area contributed by atoms with Crippen LogP contribution < -0.4 is 14.8 Å². The number of alkyl halides is 3. The van der Waals surface area contributed by atoms with Gasteiger partial charge >= 0.3 is 6.36 Å². The maximum absolute atomic E-state index is 12.4. The van der Waals surface area contributed by atoms with Crippen molar-refractivity contribution in [1.82, 2.24) is 0 Å². The largest absolute Gasteiger partial charge is 0.573 e. The highest BCUT2D eigenvalue weighted by Gasteiger charge is 2.31. The number of hydrogen-bond acceptors (Lipinski definition) is 3. The van der Waals surface area contributed by atoms with Crippen LogP contribution in [0.4, 0.5) is 18.9 Å². The summed E-state index contributed by atoms with van der Waals surface area (Å²) < 4.78 is 46.1. The Hall–Kier alpha value is -2.70. The average molecular weight is 367 g/mol. The van der Waals surface area contributed by atoms with Gasteiger partial charge in [0.2, 0.25) is 0 Å². The van der Waals surface area contributed by atoms with Crippen molar-refractivity contribution in [3.63, 3.8) is 0 Å².